The van der Waals surface area contributed by atoms with E-state index in [-0.39, 0.29) is 49.6 Å². The molecule has 0 aliphatic heterocycles. The second kappa shape index (κ2) is 11.4. The van der Waals surface area contributed by atoms with Crippen LogP contribution in [0.1, 0.15) is 79.1 Å². The number of aliphatic hydroxyl groups excluding tert-OH is 1. The first-order valence-corrected chi connectivity index (χ1v) is 14.3. The van der Waals surface area contributed by atoms with E-state index in [0.717, 1.165) is 24.8 Å². The molecule has 0 spiro atoms. The van der Waals surface area contributed by atoms with Crippen LogP contribution in [0, 0.1) is 28.6 Å². The molecule has 7 atom stereocenters. The lowest BCUT2D eigenvalue weighted by Gasteiger charge is -2.59. The smallest absolute Gasteiger partial charge is 0.434 e. The van der Waals surface area contributed by atoms with Gasteiger partial charge in [0.2, 0.25) is 5.78 Å². The second-order valence-electron chi connectivity index (χ2n) is 11.9. The summed E-state index contributed by atoms with van der Waals surface area (Å²) in [5.74, 6) is -0.695. The highest BCUT2D eigenvalue weighted by molar-refractivity contribution is 6.01. The molecule has 4 aliphatic rings. The monoisotopic (exact) mass is 546 g/mol. The third-order valence-electron chi connectivity index (χ3n) is 9.79. The van der Waals surface area contributed by atoms with Crippen LogP contribution < -0.4 is 0 Å². The number of ketones is 2. The predicted molar refractivity (Wildman–Crippen MR) is 141 cm³/mol. The lowest BCUT2D eigenvalue weighted by atomic mass is 9.46. The normalized spacial score (nSPS) is 36.6. The number of unbranched alkanes of at least 4 members (excludes halogenated alkanes) is 1. The molecule has 9 nitrogen and oxygen atoms in total. The van der Waals surface area contributed by atoms with E-state index in [2.05, 4.69) is 6.92 Å². The first kappa shape index (κ1) is 29.3. The van der Waals surface area contributed by atoms with Gasteiger partial charge in [0.25, 0.3) is 0 Å². The number of aliphatic hydroxyl groups is 1. The molecular formula is C30H42O9. The minimum Gasteiger partial charge on any atom is -0.434 e. The SMILES string of the molecule is CCCCOC(=O)O[C@]1(C(=O)COC(=O)OCCC)CC[C@H]2[C@@H]3CCC4=CC(=O)C=C[C@]4(C)[C@H]3C(O)C[C@@]21C. The molecule has 0 aromatic rings. The lowest BCUT2D eigenvalue weighted by Crippen LogP contribution is -2.63. The number of hydrogen-bond acceptors (Lipinski definition) is 9. The summed E-state index contributed by atoms with van der Waals surface area (Å²) in [7, 11) is 0. The zero-order valence-corrected chi connectivity index (χ0v) is 23.5. The molecule has 0 radical (unpaired) electrons. The van der Waals surface area contributed by atoms with E-state index < -0.39 is 47.2 Å². The van der Waals surface area contributed by atoms with Crippen molar-refractivity contribution in [2.45, 2.75) is 90.8 Å². The largest absolute Gasteiger partial charge is 0.509 e. The number of allylic oxidation sites excluding steroid dienone is 4. The van der Waals surface area contributed by atoms with Gasteiger partial charge in [0.05, 0.1) is 19.3 Å². The number of carbonyl (C=O) groups is 4. The van der Waals surface area contributed by atoms with Crippen molar-refractivity contribution in [1.82, 2.24) is 0 Å². The van der Waals surface area contributed by atoms with Crippen molar-refractivity contribution in [3.63, 3.8) is 0 Å². The summed E-state index contributed by atoms with van der Waals surface area (Å²) in [4.78, 5) is 50.8. The molecule has 9 heteroatoms. The maximum Gasteiger partial charge on any atom is 0.509 e. The Bertz CT molecular complexity index is 1050. The quantitative estimate of drug-likeness (QED) is 0.311. The standard InChI is InChI=1S/C30H42O9/c1-5-7-15-37-27(35)39-30(24(33)18-38-26(34)36-14-6-2)13-11-22-21-9-8-19-16-20(31)10-12-28(19,3)25(21)23(32)17-29(22,30)4/h10,12,16,21-23,25,32H,5-9,11,13-15,17-18H2,1-4H3/t21-,22-,23?,25+,28-,29-,30-/m0/s1. The van der Waals surface area contributed by atoms with E-state index >= 15 is 0 Å². The van der Waals surface area contributed by atoms with Crippen molar-refractivity contribution in [3.8, 4) is 0 Å². The van der Waals surface area contributed by atoms with Gasteiger partial charge in [-0.25, -0.2) is 9.59 Å². The van der Waals surface area contributed by atoms with Crippen molar-refractivity contribution in [2.24, 2.45) is 28.6 Å². The summed E-state index contributed by atoms with van der Waals surface area (Å²) in [6.45, 7) is 7.54. The Balaban J connectivity index is 1.64. The van der Waals surface area contributed by atoms with Gasteiger partial charge < -0.3 is 24.1 Å². The summed E-state index contributed by atoms with van der Waals surface area (Å²) in [6.07, 6.45) is 7.18. The third-order valence-corrected chi connectivity index (χ3v) is 9.79. The average Bonchev–Trinajstić information content (AvgIpc) is 3.18. The van der Waals surface area contributed by atoms with Crippen LogP contribution in [0.4, 0.5) is 9.59 Å². The van der Waals surface area contributed by atoms with Crippen LogP contribution in [0.15, 0.2) is 23.8 Å². The molecule has 0 aromatic carbocycles. The van der Waals surface area contributed by atoms with Crippen LogP contribution in [0.5, 0.6) is 0 Å². The average molecular weight is 547 g/mol. The van der Waals surface area contributed by atoms with E-state index in [0.29, 0.717) is 19.3 Å². The first-order valence-electron chi connectivity index (χ1n) is 14.3. The zero-order chi connectivity index (χ0) is 28.4. The van der Waals surface area contributed by atoms with Crippen molar-refractivity contribution < 1.29 is 43.2 Å². The Kier molecular flexibility index (Phi) is 8.59. The summed E-state index contributed by atoms with van der Waals surface area (Å²) in [5, 5.41) is 11.7. The van der Waals surface area contributed by atoms with Gasteiger partial charge in [0.15, 0.2) is 18.0 Å². The highest BCUT2D eigenvalue weighted by Crippen LogP contribution is 2.68. The molecule has 4 aliphatic carbocycles. The Morgan fingerprint density at radius 1 is 1.03 bits per heavy atom. The van der Waals surface area contributed by atoms with Crippen LogP contribution in [-0.4, -0.2) is 60.5 Å². The highest BCUT2D eigenvalue weighted by atomic mass is 16.7. The summed E-state index contributed by atoms with van der Waals surface area (Å²) in [5.41, 5.74) is -1.95. The molecule has 3 fully saturated rings. The molecule has 0 amide bonds. The van der Waals surface area contributed by atoms with Gasteiger partial charge in [-0.1, -0.05) is 45.8 Å². The topological polar surface area (TPSA) is 125 Å². The van der Waals surface area contributed by atoms with Crippen molar-refractivity contribution >= 4 is 23.9 Å². The molecule has 1 unspecified atom stereocenters. The fraction of sp³-hybridized carbons (Fsp3) is 0.733. The van der Waals surface area contributed by atoms with Crippen LogP contribution in [-0.2, 0) is 28.5 Å². The van der Waals surface area contributed by atoms with E-state index in [1.54, 1.807) is 12.2 Å². The molecule has 1 N–H and O–H groups in total. The van der Waals surface area contributed by atoms with Crippen LogP contribution in [0.3, 0.4) is 0 Å². The molecule has 0 aromatic heterocycles. The minimum absolute atomic E-state index is 0.0327. The first-order chi connectivity index (χ1) is 18.5. The van der Waals surface area contributed by atoms with Crippen LogP contribution >= 0.6 is 0 Å². The summed E-state index contributed by atoms with van der Waals surface area (Å²) in [6, 6.07) is 0. The van der Waals surface area contributed by atoms with E-state index in [9.17, 15) is 24.3 Å². The van der Waals surface area contributed by atoms with Crippen LogP contribution in [0.25, 0.3) is 0 Å². The maximum atomic E-state index is 13.9. The highest BCUT2D eigenvalue weighted by Gasteiger charge is 2.70. The fourth-order valence-corrected chi connectivity index (χ4v) is 7.94. The number of Topliss-reactive ketones (excluding diaryl/α,β-unsaturated/α-hetero) is 1. The Morgan fingerprint density at radius 2 is 1.77 bits per heavy atom. The lowest BCUT2D eigenvalue weighted by molar-refractivity contribution is -0.184. The third kappa shape index (κ3) is 5.14. The summed E-state index contributed by atoms with van der Waals surface area (Å²) < 4.78 is 21.3. The van der Waals surface area contributed by atoms with Gasteiger partial charge in [0, 0.05) is 16.7 Å². The predicted octanol–water partition coefficient (Wildman–Crippen LogP) is 5.09. The van der Waals surface area contributed by atoms with Gasteiger partial charge in [-0.05, 0) is 68.9 Å². The second-order valence-corrected chi connectivity index (χ2v) is 11.9. The number of ether oxygens (including phenoxy) is 4. The minimum atomic E-state index is -1.62. The van der Waals surface area contributed by atoms with Crippen molar-refractivity contribution in [2.75, 3.05) is 19.8 Å². The van der Waals surface area contributed by atoms with E-state index in [4.69, 9.17) is 18.9 Å². The molecule has 0 heterocycles. The Labute approximate surface area is 230 Å². The molecule has 0 bridgehead atoms. The van der Waals surface area contributed by atoms with Gasteiger partial charge in [-0.2, -0.15) is 0 Å². The van der Waals surface area contributed by atoms with E-state index in [1.807, 2.05) is 26.8 Å². The molecule has 216 valence electrons. The number of fused-ring (bicyclic) bond motifs is 5. The molecule has 3 saturated carbocycles. The van der Waals surface area contributed by atoms with Crippen molar-refractivity contribution in [1.29, 1.82) is 0 Å². The Morgan fingerprint density at radius 3 is 2.49 bits per heavy atom. The number of rotatable bonds is 9. The number of carbonyl (C=O) groups excluding carboxylic acids is 4. The summed E-state index contributed by atoms with van der Waals surface area (Å²) >= 11 is 0. The molecule has 4 rings (SSSR count). The van der Waals surface area contributed by atoms with E-state index in [1.165, 1.54) is 0 Å². The molecule has 39 heavy (non-hydrogen) atoms. The van der Waals surface area contributed by atoms with Gasteiger partial charge in [-0.3, -0.25) is 9.59 Å². The van der Waals surface area contributed by atoms with Crippen molar-refractivity contribution in [3.05, 3.63) is 23.8 Å². The molecular weight excluding hydrogens is 504 g/mol. The zero-order valence-electron chi connectivity index (χ0n) is 23.5. The molecule has 0 saturated heterocycles. The maximum absolute atomic E-state index is 13.9. The fourth-order valence-electron chi connectivity index (χ4n) is 7.94. The number of hydrogen-bond donors (Lipinski definition) is 1. The Hall–Kier alpha value is -2.68. The van der Waals surface area contributed by atoms with Gasteiger partial charge in [0.1, 0.15) is 0 Å². The van der Waals surface area contributed by atoms with Gasteiger partial charge in [-0.15, -0.1) is 0 Å². The van der Waals surface area contributed by atoms with Gasteiger partial charge >= 0.3 is 12.3 Å². The van der Waals surface area contributed by atoms with Crippen LogP contribution in [0.2, 0.25) is 0 Å².